The van der Waals surface area contributed by atoms with Crippen LogP contribution in [0, 0.1) is 18.3 Å². The third kappa shape index (κ3) is 3.97. The Hall–Kier alpha value is -1.09. The third-order valence-corrected chi connectivity index (χ3v) is 4.93. The molecule has 0 spiro atoms. The second kappa shape index (κ2) is 6.35. The topological polar surface area (TPSA) is 29.3 Å². The number of benzene rings is 1. The van der Waals surface area contributed by atoms with E-state index in [4.69, 9.17) is 18.0 Å². The molecule has 0 saturated carbocycles. The monoisotopic (exact) mass is 304 g/mol. The number of thiocarbonyl (C=S) groups is 1. The first-order valence-corrected chi connectivity index (χ1v) is 8.35. The summed E-state index contributed by atoms with van der Waals surface area (Å²) >= 11 is 5.25. The predicted octanol–water partition coefficient (Wildman–Crippen LogP) is 4.28. The van der Waals surface area contributed by atoms with Crippen LogP contribution in [0.1, 0.15) is 51.2 Å². The molecule has 2 nitrogen and oxygen atoms in total. The summed E-state index contributed by atoms with van der Waals surface area (Å²) in [5, 5.41) is 0. The van der Waals surface area contributed by atoms with Gasteiger partial charge < -0.3 is 10.6 Å². The molecule has 0 radical (unpaired) electrons. The fraction of sp³-hybridized carbons (Fsp3) is 0.611. The zero-order valence-corrected chi connectivity index (χ0v) is 14.6. The van der Waals surface area contributed by atoms with Gasteiger partial charge in [-0.1, -0.05) is 44.6 Å². The highest BCUT2D eigenvalue weighted by Gasteiger charge is 2.27. The zero-order chi connectivity index (χ0) is 15.6. The molecule has 1 fully saturated rings. The van der Waals surface area contributed by atoms with Crippen molar-refractivity contribution in [3.63, 3.8) is 0 Å². The number of hydrogen-bond acceptors (Lipinski definition) is 2. The number of nitrogens with two attached hydrogens (primary N) is 1. The van der Waals surface area contributed by atoms with Crippen molar-refractivity contribution in [3.8, 4) is 0 Å². The van der Waals surface area contributed by atoms with Crippen LogP contribution in [0.5, 0.6) is 0 Å². The van der Waals surface area contributed by atoms with Crippen molar-refractivity contribution in [2.45, 2.75) is 47.0 Å². The molecule has 0 aliphatic carbocycles. The summed E-state index contributed by atoms with van der Waals surface area (Å²) in [5.41, 5.74) is 9.78. The van der Waals surface area contributed by atoms with Crippen molar-refractivity contribution in [2.24, 2.45) is 17.1 Å². The lowest BCUT2D eigenvalue weighted by atomic mass is 9.77. The van der Waals surface area contributed by atoms with Crippen LogP contribution in [0.25, 0.3) is 0 Å². The van der Waals surface area contributed by atoms with Crippen molar-refractivity contribution in [1.82, 2.24) is 0 Å². The molecule has 0 amide bonds. The molecule has 3 heteroatoms. The lowest BCUT2D eigenvalue weighted by molar-refractivity contribution is 0.220. The molecule has 0 bridgehead atoms. The highest BCUT2D eigenvalue weighted by molar-refractivity contribution is 7.80. The maximum Gasteiger partial charge on any atom is 0.106 e. The largest absolute Gasteiger partial charge is 0.389 e. The summed E-state index contributed by atoms with van der Waals surface area (Å²) in [4.78, 5) is 2.98. The molecule has 1 aliphatic rings. The summed E-state index contributed by atoms with van der Waals surface area (Å²) in [7, 11) is 0. The van der Waals surface area contributed by atoms with E-state index in [1.807, 2.05) is 0 Å². The highest BCUT2D eigenvalue weighted by Crippen LogP contribution is 2.35. The van der Waals surface area contributed by atoms with Gasteiger partial charge in [0.05, 0.1) is 0 Å². The Bertz CT molecular complexity index is 516. The van der Waals surface area contributed by atoms with Gasteiger partial charge in [-0.3, -0.25) is 0 Å². The number of rotatable bonds is 2. The molecule has 21 heavy (non-hydrogen) atoms. The zero-order valence-electron chi connectivity index (χ0n) is 13.8. The number of hydrogen-bond donors (Lipinski definition) is 1. The van der Waals surface area contributed by atoms with Crippen molar-refractivity contribution in [1.29, 1.82) is 0 Å². The van der Waals surface area contributed by atoms with E-state index in [1.54, 1.807) is 0 Å². The van der Waals surface area contributed by atoms with Crippen molar-refractivity contribution >= 4 is 22.9 Å². The van der Waals surface area contributed by atoms with Gasteiger partial charge in [0, 0.05) is 24.3 Å². The van der Waals surface area contributed by atoms with E-state index >= 15 is 0 Å². The lowest BCUT2D eigenvalue weighted by Crippen LogP contribution is -2.28. The molecule has 1 saturated heterocycles. The SMILES string of the molecule is Cc1ccc(N2CCCC(C(C)(C)C)CC2)c(C(N)=S)c1. The molecular weight excluding hydrogens is 276 g/mol. The lowest BCUT2D eigenvalue weighted by Gasteiger charge is -2.30. The maximum absolute atomic E-state index is 5.93. The van der Waals surface area contributed by atoms with Crippen molar-refractivity contribution < 1.29 is 0 Å². The van der Waals surface area contributed by atoms with E-state index < -0.39 is 0 Å². The van der Waals surface area contributed by atoms with Crippen LogP contribution in [0.2, 0.25) is 0 Å². The van der Waals surface area contributed by atoms with E-state index in [0.29, 0.717) is 10.4 Å². The van der Waals surface area contributed by atoms with Crippen LogP contribution in [-0.4, -0.2) is 18.1 Å². The van der Waals surface area contributed by atoms with Gasteiger partial charge in [0.15, 0.2) is 0 Å². The average Bonchev–Trinajstić information content (AvgIpc) is 2.63. The maximum atomic E-state index is 5.93. The molecule has 1 unspecified atom stereocenters. The minimum atomic E-state index is 0.398. The summed E-state index contributed by atoms with van der Waals surface area (Å²) in [6, 6.07) is 6.45. The molecule has 1 atom stereocenters. The molecule has 1 heterocycles. The van der Waals surface area contributed by atoms with E-state index in [2.05, 4.69) is 50.8 Å². The molecule has 2 rings (SSSR count). The van der Waals surface area contributed by atoms with E-state index in [1.165, 1.54) is 30.5 Å². The molecule has 1 aromatic carbocycles. The first-order valence-electron chi connectivity index (χ1n) is 7.94. The van der Waals surface area contributed by atoms with Gasteiger partial charge in [-0.15, -0.1) is 0 Å². The molecule has 1 aromatic rings. The number of anilines is 1. The Kier molecular flexibility index (Phi) is 4.92. The molecule has 1 aliphatic heterocycles. The molecule has 2 N–H and O–H groups in total. The predicted molar refractivity (Wildman–Crippen MR) is 96.1 cm³/mol. The van der Waals surface area contributed by atoms with Gasteiger partial charge in [0.25, 0.3) is 0 Å². The van der Waals surface area contributed by atoms with Gasteiger partial charge in [-0.2, -0.15) is 0 Å². The minimum absolute atomic E-state index is 0.398. The van der Waals surface area contributed by atoms with Crippen LogP contribution in [0.3, 0.4) is 0 Å². The Morgan fingerprint density at radius 2 is 1.95 bits per heavy atom. The highest BCUT2D eigenvalue weighted by atomic mass is 32.1. The van der Waals surface area contributed by atoms with Crippen LogP contribution in [0.15, 0.2) is 18.2 Å². The molecular formula is C18H28N2S. The second-order valence-corrected chi connectivity index (χ2v) is 7.81. The fourth-order valence-corrected chi connectivity index (χ4v) is 3.49. The minimum Gasteiger partial charge on any atom is -0.389 e. The quantitative estimate of drug-likeness (QED) is 0.827. The van der Waals surface area contributed by atoms with Crippen LogP contribution in [-0.2, 0) is 0 Å². The standard InChI is InChI=1S/C18H28N2S/c1-13-7-8-16(15(12-13)17(19)21)20-10-5-6-14(9-11-20)18(2,3)4/h7-8,12,14H,5-6,9-11H2,1-4H3,(H2,19,21). The van der Waals surface area contributed by atoms with Gasteiger partial charge >= 0.3 is 0 Å². The van der Waals surface area contributed by atoms with Crippen molar-refractivity contribution in [3.05, 3.63) is 29.3 Å². The third-order valence-electron chi connectivity index (χ3n) is 4.71. The van der Waals surface area contributed by atoms with Gasteiger partial charge in [-0.05, 0) is 49.7 Å². The summed E-state index contributed by atoms with van der Waals surface area (Å²) in [6.07, 6.45) is 3.80. The average molecular weight is 305 g/mol. The Labute approximate surface area is 134 Å². The molecule has 0 aromatic heterocycles. The number of aryl methyl sites for hydroxylation is 1. The van der Waals surface area contributed by atoms with E-state index in [9.17, 15) is 0 Å². The fourth-order valence-electron chi connectivity index (χ4n) is 3.33. The van der Waals surface area contributed by atoms with Crippen LogP contribution >= 0.6 is 12.2 Å². The van der Waals surface area contributed by atoms with Crippen LogP contribution < -0.4 is 10.6 Å². The van der Waals surface area contributed by atoms with E-state index in [0.717, 1.165) is 24.6 Å². The summed E-state index contributed by atoms with van der Waals surface area (Å²) in [5.74, 6) is 0.793. The molecule has 116 valence electrons. The Morgan fingerprint density at radius 1 is 1.24 bits per heavy atom. The van der Waals surface area contributed by atoms with Gasteiger partial charge in [-0.25, -0.2) is 0 Å². The normalized spacial score (nSPS) is 20.2. The van der Waals surface area contributed by atoms with Crippen LogP contribution in [0.4, 0.5) is 5.69 Å². The Morgan fingerprint density at radius 3 is 2.57 bits per heavy atom. The summed E-state index contributed by atoms with van der Waals surface area (Å²) in [6.45, 7) is 11.4. The van der Waals surface area contributed by atoms with Gasteiger partial charge in [0.1, 0.15) is 4.99 Å². The van der Waals surface area contributed by atoms with E-state index in [-0.39, 0.29) is 0 Å². The van der Waals surface area contributed by atoms with Gasteiger partial charge in [0.2, 0.25) is 0 Å². The number of nitrogens with zero attached hydrogens (tertiary/aromatic N) is 1. The smallest absolute Gasteiger partial charge is 0.106 e. The van der Waals surface area contributed by atoms with Crippen molar-refractivity contribution in [2.75, 3.05) is 18.0 Å². The second-order valence-electron chi connectivity index (χ2n) is 7.37. The Balaban J connectivity index is 2.22. The first-order chi connectivity index (χ1) is 9.79. The first kappa shape index (κ1) is 16.3. The summed E-state index contributed by atoms with van der Waals surface area (Å²) < 4.78 is 0.